The lowest BCUT2D eigenvalue weighted by Crippen LogP contribution is -2.21. The van der Waals surface area contributed by atoms with Crippen LogP contribution >= 0.6 is 15.9 Å². The minimum absolute atomic E-state index is 0.145. The molecule has 0 bridgehead atoms. The number of nitrogens with zero attached hydrogens (tertiary/aromatic N) is 1. The summed E-state index contributed by atoms with van der Waals surface area (Å²) in [5.74, 6) is -4.66. The first kappa shape index (κ1) is 34.1. The summed E-state index contributed by atoms with van der Waals surface area (Å²) in [6.45, 7) is 0. The van der Waals surface area contributed by atoms with Crippen LogP contribution in [0.4, 0.5) is 17.6 Å². The molecule has 2 unspecified atom stereocenters. The fraction of sp³-hybridized carbons (Fsp3) is 0.171. The van der Waals surface area contributed by atoms with Gasteiger partial charge in [-0.2, -0.15) is 5.10 Å². The number of benzene rings is 4. The predicted molar refractivity (Wildman–Crippen MR) is 172 cm³/mol. The number of halogens is 5. The first-order valence-corrected chi connectivity index (χ1v) is 15.0. The zero-order valence-corrected chi connectivity index (χ0v) is 26.5. The molecule has 1 aromatic heterocycles. The fourth-order valence-electron chi connectivity index (χ4n) is 4.90. The van der Waals surface area contributed by atoms with Crippen molar-refractivity contribution in [2.24, 2.45) is 0 Å². The summed E-state index contributed by atoms with van der Waals surface area (Å²) in [5.41, 5.74) is 4.76. The van der Waals surface area contributed by atoms with E-state index in [0.717, 1.165) is 51.0 Å². The third-order valence-corrected chi connectivity index (χ3v) is 7.97. The molecule has 0 radical (unpaired) electrons. The van der Waals surface area contributed by atoms with Crippen LogP contribution in [0.15, 0.2) is 102 Å². The molecule has 5 aromatic rings. The molecule has 11 heteroatoms. The Morgan fingerprint density at radius 1 is 0.652 bits per heavy atom. The normalized spacial score (nSPS) is 12.0. The van der Waals surface area contributed by atoms with E-state index in [2.05, 4.69) is 36.8 Å². The second-order valence-electron chi connectivity index (χ2n) is 10.4. The largest absolute Gasteiger partial charge is 0.359 e. The van der Waals surface area contributed by atoms with E-state index < -0.39 is 23.3 Å². The topological polar surface area (TPSA) is 86.9 Å². The SMILES string of the molecule is CNC(=O)CC(c1ccc(-c2cn[nH]c2)cc1)c1ccc(F)c(F)c1.CNC(=O)CC(c1ccc(Br)cc1)c1ccc(F)c(F)c1. The Morgan fingerprint density at radius 2 is 1.09 bits per heavy atom. The Labute approximate surface area is 272 Å². The van der Waals surface area contributed by atoms with Gasteiger partial charge in [0.05, 0.1) is 6.20 Å². The number of hydrogen-bond donors (Lipinski definition) is 3. The van der Waals surface area contributed by atoms with Crippen LogP contribution in [0.3, 0.4) is 0 Å². The van der Waals surface area contributed by atoms with Crippen LogP contribution in [0.25, 0.3) is 11.1 Å². The van der Waals surface area contributed by atoms with Gasteiger partial charge in [0.1, 0.15) is 0 Å². The van der Waals surface area contributed by atoms with E-state index in [1.165, 1.54) is 12.1 Å². The number of carbonyl (C=O) groups is 2. The highest BCUT2D eigenvalue weighted by Crippen LogP contribution is 2.32. The van der Waals surface area contributed by atoms with Gasteiger partial charge >= 0.3 is 0 Å². The molecule has 3 N–H and O–H groups in total. The molecule has 238 valence electrons. The fourth-order valence-corrected chi connectivity index (χ4v) is 5.17. The second kappa shape index (κ2) is 16.0. The van der Waals surface area contributed by atoms with E-state index in [-0.39, 0.29) is 36.5 Å². The van der Waals surface area contributed by atoms with Crippen molar-refractivity contribution in [1.82, 2.24) is 20.8 Å². The molecule has 0 fully saturated rings. The van der Waals surface area contributed by atoms with Crippen molar-refractivity contribution in [3.8, 4) is 11.1 Å². The number of amides is 2. The molecule has 6 nitrogen and oxygen atoms in total. The number of nitrogens with one attached hydrogen (secondary N) is 3. The average molecular weight is 696 g/mol. The van der Waals surface area contributed by atoms with Crippen molar-refractivity contribution in [2.75, 3.05) is 14.1 Å². The van der Waals surface area contributed by atoms with E-state index in [0.29, 0.717) is 11.1 Å². The standard InChI is InChI=1S/C19H17F2N3O.C16H14BrF2NO/c1-22-19(25)9-16(14-6-7-17(20)18(21)8-14)13-4-2-12(3-5-13)15-10-23-24-11-15;1-20-16(21)9-13(10-2-5-12(17)6-3-10)11-4-7-14(18)15(19)8-11/h2-8,10-11,16H,9H2,1H3,(H,22,25)(H,23,24);2-8,13H,9H2,1H3,(H,20,21). The summed E-state index contributed by atoms with van der Waals surface area (Å²) < 4.78 is 54.3. The number of hydrogen-bond acceptors (Lipinski definition) is 3. The number of aromatic nitrogens is 2. The Bertz CT molecular complexity index is 1770. The number of H-pyrrole nitrogens is 1. The van der Waals surface area contributed by atoms with E-state index in [1.54, 1.807) is 26.5 Å². The van der Waals surface area contributed by atoms with Crippen LogP contribution in [0.1, 0.15) is 46.9 Å². The molecular weight excluding hydrogens is 664 g/mol. The van der Waals surface area contributed by atoms with E-state index in [4.69, 9.17) is 0 Å². The zero-order chi connectivity index (χ0) is 33.2. The summed E-state index contributed by atoms with van der Waals surface area (Å²) in [6.07, 6.45) is 3.81. The van der Waals surface area contributed by atoms with E-state index in [1.807, 2.05) is 48.5 Å². The monoisotopic (exact) mass is 694 g/mol. The quantitative estimate of drug-likeness (QED) is 0.139. The minimum atomic E-state index is -0.922. The van der Waals surface area contributed by atoms with Gasteiger partial charge in [0.25, 0.3) is 0 Å². The van der Waals surface area contributed by atoms with Crippen molar-refractivity contribution in [2.45, 2.75) is 24.7 Å². The molecular formula is C35H31BrF4N4O2. The number of carbonyl (C=O) groups excluding carboxylic acids is 2. The van der Waals surface area contributed by atoms with Crippen LogP contribution in [-0.2, 0) is 9.59 Å². The maximum Gasteiger partial charge on any atom is 0.220 e. The average Bonchev–Trinajstić information content (AvgIpc) is 3.61. The second-order valence-corrected chi connectivity index (χ2v) is 11.3. The zero-order valence-electron chi connectivity index (χ0n) is 25.0. The van der Waals surface area contributed by atoms with Gasteiger partial charge in [-0.15, -0.1) is 0 Å². The van der Waals surface area contributed by atoms with Gasteiger partial charge in [-0.05, 0) is 64.2 Å². The van der Waals surface area contributed by atoms with Gasteiger partial charge in [-0.25, -0.2) is 17.6 Å². The van der Waals surface area contributed by atoms with Crippen molar-refractivity contribution in [3.05, 3.63) is 147 Å². The molecule has 0 saturated carbocycles. The summed E-state index contributed by atoms with van der Waals surface area (Å²) in [7, 11) is 3.10. The highest BCUT2D eigenvalue weighted by molar-refractivity contribution is 9.10. The number of rotatable bonds is 9. The van der Waals surface area contributed by atoms with Gasteiger partial charge in [0.2, 0.25) is 11.8 Å². The minimum Gasteiger partial charge on any atom is -0.359 e. The molecule has 0 aliphatic rings. The van der Waals surface area contributed by atoms with Crippen molar-refractivity contribution < 1.29 is 27.2 Å². The molecule has 5 rings (SSSR count). The van der Waals surface area contributed by atoms with Gasteiger partial charge in [-0.3, -0.25) is 14.7 Å². The molecule has 4 aromatic carbocycles. The first-order chi connectivity index (χ1) is 22.1. The molecule has 0 aliphatic carbocycles. The molecule has 46 heavy (non-hydrogen) atoms. The number of aromatic amines is 1. The van der Waals surface area contributed by atoms with E-state index in [9.17, 15) is 27.2 Å². The van der Waals surface area contributed by atoms with Gasteiger partial charge in [-0.1, -0.05) is 64.5 Å². The highest BCUT2D eigenvalue weighted by atomic mass is 79.9. The van der Waals surface area contributed by atoms with Crippen LogP contribution in [-0.4, -0.2) is 36.1 Å². The third-order valence-electron chi connectivity index (χ3n) is 7.45. The van der Waals surface area contributed by atoms with Gasteiger partial charge in [0, 0.05) is 55.0 Å². The summed E-state index contributed by atoms with van der Waals surface area (Å²) in [4.78, 5) is 23.6. The van der Waals surface area contributed by atoms with Crippen LogP contribution in [0.2, 0.25) is 0 Å². The summed E-state index contributed by atoms with van der Waals surface area (Å²) in [6, 6.07) is 22.5. The Hall–Kier alpha value is -4.77. The Balaban J connectivity index is 0.000000212. The lowest BCUT2D eigenvalue weighted by Gasteiger charge is -2.18. The Morgan fingerprint density at radius 3 is 1.48 bits per heavy atom. The Kier molecular flexibility index (Phi) is 11.9. The molecule has 2 amide bonds. The summed E-state index contributed by atoms with van der Waals surface area (Å²) >= 11 is 3.35. The van der Waals surface area contributed by atoms with Gasteiger partial charge < -0.3 is 10.6 Å². The predicted octanol–water partition coefficient (Wildman–Crippen LogP) is 7.62. The smallest absolute Gasteiger partial charge is 0.220 e. The van der Waals surface area contributed by atoms with E-state index >= 15 is 0 Å². The highest BCUT2D eigenvalue weighted by Gasteiger charge is 2.21. The lowest BCUT2D eigenvalue weighted by molar-refractivity contribution is -0.121. The molecule has 0 aliphatic heterocycles. The van der Waals surface area contributed by atoms with Crippen molar-refractivity contribution in [1.29, 1.82) is 0 Å². The first-order valence-electron chi connectivity index (χ1n) is 14.2. The van der Waals surface area contributed by atoms with Crippen LogP contribution in [0, 0.1) is 23.3 Å². The molecule has 2 atom stereocenters. The maximum absolute atomic E-state index is 13.6. The lowest BCUT2D eigenvalue weighted by atomic mass is 9.87. The van der Waals surface area contributed by atoms with Crippen LogP contribution < -0.4 is 10.6 Å². The molecule has 0 spiro atoms. The summed E-state index contributed by atoms with van der Waals surface area (Å²) in [5, 5.41) is 11.8. The van der Waals surface area contributed by atoms with Gasteiger partial charge in [0.15, 0.2) is 23.3 Å². The maximum atomic E-state index is 13.6. The van der Waals surface area contributed by atoms with Crippen LogP contribution in [0.5, 0.6) is 0 Å². The third kappa shape index (κ3) is 8.91. The molecule has 1 heterocycles. The van der Waals surface area contributed by atoms with Crippen molar-refractivity contribution in [3.63, 3.8) is 0 Å². The van der Waals surface area contributed by atoms with Crippen molar-refractivity contribution >= 4 is 27.7 Å². The molecule has 0 saturated heterocycles.